The predicted octanol–water partition coefficient (Wildman–Crippen LogP) is 2.21. The minimum Gasteiger partial charge on any atom is -0.495 e. The van der Waals surface area contributed by atoms with E-state index in [0.29, 0.717) is 44.6 Å². The normalized spacial score (nSPS) is 22.9. The molecular weight excluding hydrogens is 342 g/mol. The van der Waals surface area contributed by atoms with Crippen LogP contribution in [0.25, 0.3) is 0 Å². The van der Waals surface area contributed by atoms with Crippen LogP contribution in [0, 0.1) is 12.8 Å². The summed E-state index contributed by atoms with van der Waals surface area (Å²) in [5, 5.41) is 0. The zero-order valence-electron chi connectivity index (χ0n) is 15.2. The fourth-order valence-electron chi connectivity index (χ4n) is 3.76. The predicted molar refractivity (Wildman–Crippen MR) is 94.4 cm³/mol. The zero-order valence-corrected chi connectivity index (χ0v) is 16.0. The molecule has 140 valence electrons. The molecule has 0 saturated carbocycles. The summed E-state index contributed by atoms with van der Waals surface area (Å²) in [7, 11) is -2.08. The van der Waals surface area contributed by atoms with Crippen LogP contribution in [0.1, 0.15) is 25.3 Å². The standard InChI is InChI=1S/C18H27NO5S/c1-4-23-9-7-15-8-10-24-18(15)12-19(13-18)25(20,21)17-6-5-14(2)11-16(17)22-3/h5-6,11,15H,4,7-10,12-13H2,1-3H3. The van der Waals surface area contributed by atoms with Crippen LogP contribution >= 0.6 is 0 Å². The molecule has 2 aliphatic heterocycles. The van der Waals surface area contributed by atoms with Crippen LogP contribution < -0.4 is 4.74 Å². The minimum atomic E-state index is -3.58. The molecule has 7 heteroatoms. The third-order valence-electron chi connectivity index (χ3n) is 5.24. The Morgan fingerprint density at radius 1 is 1.36 bits per heavy atom. The number of methoxy groups -OCH3 is 1. The second-order valence-electron chi connectivity index (χ2n) is 6.81. The van der Waals surface area contributed by atoms with Gasteiger partial charge in [0.15, 0.2) is 0 Å². The Labute approximate surface area is 150 Å². The summed E-state index contributed by atoms with van der Waals surface area (Å²) in [6.45, 7) is 6.80. The molecule has 0 aromatic heterocycles. The number of rotatable bonds is 7. The molecule has 1 atom stereocenters. The highest BCUT2D eigenvalue weighted by Crippen LogP contribution is 2.44. The first kappa shape index (κ1) is 18.6. The second kappa shape index (κ2) is 7.23. The van der Waals surface area contributed by atoms with Gasteiger partial charge in [-0.2, -0.15) is 4.31 Å². The average molecular weight is 369 g/mol. The number of ether oxygens (including phenoxy) is 3. The van der Waals surface area contributed by atoms with E-state index in [1.807, 2.05) is 13.8 Å². The number of aryl methyl sites for hydroxylation is 1. The molecule has 0 N–H and O–H groups in total. The first-order valence-electron chi connectivity index (χ1n) is 8.79. The van der Waals surface area contributed by atoms with Crippen molar-refractivity contribution in [2.45, 2.75) is 37.2 Å². The maximum absolute atomic E-state index is 13.0. The van der Waals surface area contributed by atoms with Crippen molar-refractivity contribution in [1.82, 2.24) is 4.31 Å². The molecule has 0 radical (unpaired) electrons. The summed E-state index contributed by atoms with van der Waals surface area (Å²) in [5.41, 5.74) is 0.619. The van der Waals surface area contributed by atoms with Crippen molar-refractivity contribution in [3.63, 3.8) is 0 Å². The molecule has 1 spiro atoms. The van der Waals surface area contributed by atoms with E-state index in [2.05, 4.69) is 0 Å². The first-order valence-corrected chi connectivity index (χ1v) is 10.2. The molecule has 0 aliphatic carbocycles. The van der Waals surface area contributed by atoms with Crippen molar-refractivity contribution in [2.75, 3.05) is 40.0 Å². The number of benzene rings is 1. The van der Waals surface area contributed by atoms with E-state index in [4.69, 9.17) is 14.2 Å². The Hall–Kier alpha value is -1.15. The quantitative estimate of drug-likeness (QED) is 0.690. The topological polar surface area (TPSA) is 65.1 Å². The lowest BCUT2D eigenvalue weighted by molar-refractivity contribution is -0.105. The van der Waals surface area contributed by atoms with Gasteiger partial charge in [-0.05, 0) is 50.3 Å². The van der Waals surface area contributed by atoms with Gasteiger partial charge in [-0.1, -0.05) is 6.07 Å². The Morgan fingerprint density at radius 2 is 2.12 bits per heavy atom. The molecule has 2 fully saturated rings. The van der Waals surface area contributed by atoms with Gasteiger partial charge in [0.2, 0.25) is 10.0 Å². The average Bonchev–Trinajstić information content (AvgIpc) is 2.97. The maximum Gasteiger partial charge on any atom is 0.246 e. The van der Waals surface area contributed by atoms with Gasteiger partial charge in [-0.3, -0.25) is 0 Å². The van der Waals surface area contributed by atoms with Gasteiger partial charge in [0.25, 0.3) is 0 Å². The highest BCUT2D eigenvalue weighted by Gasteiger charge is 2.56. The molecule has 1 unspecified atom stereocenters. The van der Waals surface area contributed by atoms with Crippen molar-refractivity contribution in [2.24, 2.45) is 5.92 Å². The van der Waals surface area contributed by atoms with Crippen LogP contribution in [0.4, 0.5) is 0 Å². The molecule has 0 amide bonds. The Morgan fingerprint density at radius 3 is 2.80 bits per heavy atom. The van der Waals surface area contributed by atoms with E-state index in [0.717, 1.165) is 18.4 Å². The van der Waals surface area contributed by atoms with Crippen LogP contribution in [0.5, 0.6) is 5.75 Å². The maximum atomic E-state index is 13.0. The number of hydrogen-bond acceptors (Lipinski definition) is 5. The zero-order chi connectivity index (χ0) is 18.1. The summed E-state index contributed by atoms with van der Waals surface area (Å²) in [4.78, 5) is 0.222. The fourth-order valence-corrected chi connectivity index (χ4v) is 5.45. The van der Waals surface area contributed by atoms with Gasteiger partial charge < -0.3 is 14.2 Å². The van der Waals surface area contributed by atoms with E-state index in [9.17, 15) is 8.42 Å². The molecular formula is C18H27NO5S. The van der Waals surface area contributed by atoms with Crippen molar-refractivity contribution < 1.29 is 22.6 Å². The lowest BCUT2D eigenvalue weighted by Gasteiger charge is -2.49. The lowest BCUT2D eigenvalue weighted by atomic mass is 9.80. The van der Waals surface area contributed by atoms with Gasteiger partial charge in [0, 0.05) is 32.9 Å². The van der Waals surface area contributed by atoms with Crippen molar-refractivity contribution in [3.05, 3.63) is 23.8 Å². The summed E-state index contributed by atoms with van der Waals surface area (Å²) >= 11 is 0. The van der Waals surface area contributed by atoms with E-state index >= 15 is 0 Å². The SMILES string of the molecule is CCOCCC1CCOC12CN(S(=O)(=O)c1ccc(C)cc1OC)C2. The third-order valence-corrected chi connectivity index (χ3v) is 7.07. The molecule has 1 aromatic rings. The Balaban J connectivity index is 1.73. The first-order chi connectivity index (χ1) is 11.9. The third kappa shape index (κ3) is 3.43. The molecule has 2 aliphatic rings. The monoisotopic (exact) mass is 369 g/mol. The van der Waals surface area contributed by atoms with Gasteiger partial charge in [0.05, 0.1) is 12.7 Å². The fraction of sp³-hybridized carbons (Fsp3) is 0.667. The van der Waals surface area contributed by atoms with Crippen LogP contribution in [-0.2, 0) is 19.5 Å². The molecule has 3 rings (SSSR count). The van der Waals surface area contributed by atoms with Crippen LogP contribution in [-0.4, -0.2) is 58.3 Å². The highest BCUT2D eigenvalue weighted by atomic mass is 32.2. The Kier molecular flexibility index (Phi) is 5.39. The number of nitrogens with zero attached hydrogens (tertiary/aromatic N) is 1. The molecule has 1 aromatic carbocycles. The Bertz CT molecular complexity index is 712. The lowest BCUT2D eigenvalue weighted by Crippen LogP contribution is -2.65. The second-order valence-corrected chi connectivity index (χ2v) is 8.72. The molecule has 6 nitrogen and oxygen atoms in total. The van der Waals surface area contributed by atoms with Crippen molar-refractivity contribution in [3.8, 4) is 5.75 Å². The van der Waals surface area contributed by atoms with Crippen molar-refractivity contribution in [1.29, 1.82) is 0 Å². The van der Waals surface area contributed by atoms with E-state index in [-0.39, 0.29) is 10.5 Å². The molecule has 2 heterocycles. The minimum absolute atomic E-state index is 0.222. The van der Waals surface area contributed by atoms with Crippen molar-refractivity contribution >= 4 is 10.0 Å². The number of hydrogen-bond donors (Lipinski definition) is 0. The van der Waals surface area contributed by atoms with E-state index in [1.165, 1.54) is 11.4 Å². The van der Waals surface area contributed by atoms with Gasteiger partial charge in [-0.25, -0.2) is 8.42 Å². The summed E-state index contributed by atoms with van der Waals surface area (Å²) in [6.07, 6.45) is 1.88. The van der Waals surface area contributed by atoms with E-state index in [1.54, 1.807) is 18.2 Å². The summed E-state index contributed by atoms with van der Waals surface area (Å²) < 4.78 is 44.2. The molecule has 2 saturated heterocycles. The highest BCUT2D eigenvalue weighted by molar-refractivity contribution is 7.89. The van der Waals surface area contributed by atoms with Crippen LogP contribution in [0.2, 0.25) is 0 Å². The summed E-state index contributed by atoms with van der Waals surface area (Å²) in [6, 6.07) is 5.16. The van der Waals surface area contributed by atoms with Crippen LogP contribution in [0.3, 0.4) is 0 Å². The van der Waals surface area contributed by atoms with Gasteiger partial charge >= 0.3 is 0 Å². The van der Waals surface area contributed by atoms with E-state index < -0.39 is 10.0 Å². The van der Waals surface area contributed by atoms with Crippen LogP contribution in [0.15, 0.2) is 23.1 Å². The van der Waals surface area contributed by atoms with Gasteiger partial charge in [-0.15, -0.1) is 0 Å². The van der Waals surface area contributed by atoms with Gasteiger partial charge in [0.1, 0.15) is 10.6 Å². The smallest absolute Gasteiger partial charge is 0.246 e. The molecule has 25 heavy (non-hydrogen) atoms. The number of sulfonamides is 1. The summed E-state index contributed by atoms with van der Waals surface area (Å²) in [5.74, 6) is 0.742. The largest absolute Gasteiger partial charge is 0.495 e. The molecule has 0 bridgehead atoms.